The lowest BCUT2D eigenvalue weighted by molar-refractivity contribution is 0.0527. The van der Waals surface area contributed by atoms with E-state index in [1.54, 1.807) is 0 Å². The summed E-state index contributed by atoms with van der Waals surface area (Å²) in [6, 6.07) is 0.112. The van der Waals surface area contributed by atoms with Crippen molar-refractivity contribution >= 4 is 11.7 Å². The van der Waals surface area contributed by atoms with E-state index in [4.69, 9.17) is 5.73 Å². The van der Waals surface area contributed by atoms with Crippen LogP contribution in [0.15, 0.2) is 0 Å². The molecule has 1 unspecified atom stereocenters. The van der Waals surface area contributed by atoms with Crippen molar-refractivity contribution in [1.82, 2.24) is 9.88 Å². The Labute approximate surface area is 125 Å². The number of rotatable bonds is 2. The van der Waals surface area contributed by atoms with Gasteiger partial charge in [0, 0.05) is 30.4 Å². The number of piperidine rings is 1. The lowest BCUT2D eigenvalue weighted by Crippen LogP contribution is -2.54. The predicted molar refractivity (Wildman–Crippen MR) is 82.5 cm³/mol. The predicted octanol–water partition coefficient (Wildman–Crippen LogP) is 2.03. The number of aromatic amines is 1. The molecule has 0 aromatic carbocycles. The number of aryl methyl sites for hydroxylation is 1. The van der Waals surface area contributed by atoms with E-state index in [0.717, 1.165) is 17.7 Å². The van der Waals surface area contributed by atoms with Crippen LogP contribution in [0.25, 0.3) is 0 Å². The zero-order valence-electron chi connectivity index (χ0n) is 13.5. The van der Waals surface area contributed by atoms with Crippen LogP contribution in [-0.4, -0.2) is 40.7 Å². The van der Waals surface area contributed by atoms with Gasteiger partial charge in [-0.05, 0) is 38.2 Å². The van der Waals surface area contributed by atoms with Crippen LogP contribution < -0.4 is 5.73 Å². The van der Waals surface area contributed by atoms with E-state index in [9.17, 15) is 9.59 Å². The fourth-order valence-electron chi connectivity index (χ4n) is 3.20. The van der Waals surface area contributed by atoms with Crippen LogP contribution in [0.4, 0.5) is 0 Å². The summed E-state index contributed by atoms with van der Waals surface area (Å²) in [6.45, 7) is 10.7. The van der Waals surface area contributed by atoms with E-state index in [1.165, 1.54) is 6.92 Å². The van der Waals surface area contributed by atoms with Gasteiger partial charge in [0.2, 0.25) is 0 Å². The summed E-state index contributed by atoms with van der Waals surface area (Å²) < 4.78 is 0. The van der Waals surface area contributed by atoms with E-state index in [-0.39, 0.29) is 23.1 Å². The van der Waals surface area contributed by atoms with Crippen LogP contribution in [0.2, 0.25) is 0 Å². The molecule has 116 valence electrons. The Hall–Kier alpha value is -1.62. The minimum Gasteiger partial charge on any atom is -0.354 e. The molecular weight excluding hydrogens is 266 g/mol. The normalized spacial score (nSPS) is 21.4. The van der Waals surface area contributed by atoms with Gasteiger partial charge in [0.15, 0.2) is 5.78 Å². The van der Waals surface area contributed by atoms with E-state index >= 15 is 0 Å². The Morgan fingerprint density at radius 3 is 2.43 bits per heavy atom. The number of H-pyrrole nitrogens is 1. The van der Waals surface area contributed by atoms with Gasteiger partial charge >= 0.3 is 0 Å². The third kappa shape index (κ3) is 2.75. The lowest BCUT2D eigenvalue weighted by Gasteiger charge is -2.42. The maximum Gasteiger partial charge on any atom is 0.270 e. The molecule has 1 saturated heterocycles. The lowest BCUT2D eigenvalue weighted by atomic mass is 9.79. The smallest absolute Gasteiger partial charge is 0.270 e. The molecule has 1 fully saturated rings. The average Bonchev–Trinajstić information content (AvgIpc) is 2.67. The summed E-state index contributed by atoms with van der Waals surface area (Å²) in [6.07, 6.45) is 0.803. The van der Waals surface area contributed by atoms with Crippen LogP contribution in [0.1, 0.15) is 59.3 Å². The van der Waals surface area contributed by atoms with Crippen molar-refractivity contribution < 1.29 is 9.59 Å². The highest BCUT2D eigenvalue weighted by atomic mass is 16.2. The zero-order valence-corrected chi connectivity index (χ0v) is 13.5. The van der Waals surface area contributed by atoms with Crippen molar-refractivity contribution in [2.75, 3.05) is 13.1 Å². The number of aromatic nitrogens is 1. The van der Waals surface area contributed by atoms with Crippen LogP contribution >= 0.6 is 0 Å². The number of amides is 1. The van der Waals surface area contributed by atoms with E-state index in [1.807, 2.05) is 18.7 Å². The number of likely N-dealkylation sites (tertiary alicyclic amines) is 1. The first-order chi connectivity index (χ1) is 9.65. The molecule has 1 aromatic rings. The molecule has 0 radical (unpaired) electrons. The summed E-state index contributed by atoms with van der Waals surface area (Å²) in [5, 5.41) is 0. The number of Topliss-reactive ketones (excluding diaryl/α,β-unsaturated/α-hetero) is 1. The zero-order chi connectivity index (χ0) is 15.9. The van der Waals surface area contributed by atoms with Crippen molar-refractivity contribution in [3.63, 3.8) is 0 Å². The van der Waals surface area contributed by atoms with Crippen molar-refractivity contribution in [3.05, 3.63) is 22.5 Å². The molecule has 2 heterocycles. The summed E-state index contributed by atoms with van der Waals surface area (Å²) in [4.78, 5) is 29.4. The molecule has 1 aromatic heterocycles. The largest absolute Gasteiger partial charge is 0.354 e. The third-order valence-electron chi connectivity index (χ3n) is 4.60. The van der Waals surface area contributed by atoms with E-state index < -0.39 is 0 Å². The van der Waals surface area contributed by atoms with Gasteiger partial charge < -0.3 is 15.6 Å². The van der Waals surface area contributed by atoms with Gasteiger partial charge in [0.25, 0.3) is 5.91 Å². The Bertz CT molecular complexity index is 587. The van der Waals surface area contributed by atoms with Gasteiger partial charge in [0.05, 0.1) is 0 Å². The van der Waals surface area contributed by atoms with Crippen LogP contribution in [0.3, 0.4) is 0 Å². The van der Waals surface area contributed by atoms with Crippen molar-refractivity contribution in [3.8, 4) is 0 Å². The number of ketones is 1. The molecule has 5 heteroatoms. The minimum atomic E-state index is -0.0904. The van der Waals surface area contributed by atoms with Crippen LogP contribution in [0.5, 0.6) is 0 Å². The van der Waals surface area contributed by atoms with Crippen LogP contribution in [-0.2, 0) is 0 Å². The van der Waals surface area contributed by atoms with E-state index in [0.29, 0.717) is 24.3 Å². The van der Waals surface area contributed by atoms with Gasteiger partial charge in [0.1, 0.15) is 5.69 Å². The second kappa shape index (κ2) is 5.30. The Morgan fingerprint density at radius 2 is 1.95 bits per heavy atom. The summed E-state index contributed by atoms with van der Waals surface area (Å²) in [5.74, 6) is -0.0515. The molecule has 1 amide bonds. The minimum absolute atomic E-state index is 0.0127. The number of nitrogens with one attached hydrogen (secondary N) is 1. The standard InChI is InChI=1S/C16H25N3O2/c1-9-13(11(3)20)10(2)18-14(9)15(21)19-7-6-12(17)16(4,5)8-19/h12,18H,6-8,17H2,1-5H3. The molecule has 21 heavy (non-hydrogen) atoms. The third-order valence-corrected chi connectivity index (χ3v) is 4.60. The molecule has 0 saturated carbocycles. The molecule has 3 N–H and O–H groups in total. The Kier molecular flexibility index (Phi) is 3.97. The highest BCUT2D eigenvalue weighted by Gasteiger charge is 2.36. The average molecular weight is 291 g/mol. The topological polar surface area (TPSA) is 79.2 Å². The van der Waals surface area contributed by atoms with Crippen molar-refractivity contribution in [2.24, 2.45) is 11.1 Å². The molecule has 1 aliphatic heterocycles. The highest BCUT2D eigenvalue weighted by Crippen LogP contribution is 2.29. The summed E-state index contributed by atoms with van der Waals surface area (Å²) in [5.41, 5.74) is 8.70. The molecule has 2 rings (SSSR count). The molecule has 0 aliphatic carbocycles. The van der Waals surface area contributed by atoms with Gasteiger partial charge in [-0.15, -0.1) is 0 Å². The number of hydrogen-bond donors (Lipinski definition) is 2. The highest BCUT2D eigenvalue weighted by molar-refractivity contribution is 6.02. The SMILES string of the molecule is CC(=O)c1c(C)[nH]c(C(=O)N2CCC(N)C(C)(C)C2)c1C. The molecule has 0 bridgehead atoms. The Morgan fingerprint density at radius 1 is 1.33 bits per heavy atom. The molecule has 5 nitrogen and oxygen atoms in total. The quantitative estimate of drug-likeness (QED) is 0.818. The maximum atomic E-state index is 12.7. The first kappa shape index (κ1) is 15.8. The van der Waals surface area contributed by atoms with Gasteiger partial charge in [-0.25, -0.2) is 0 Å². The number of carbonyl (C=O) groups is 2. The second-order valence-corrected chi connectivity index (χ2v) is 6.79. The van der Waals surface area contributed by atoms with E-state index in [2.05, 4.69) is 18.8 Å². The molecule has 1 atom stereocenters. The first-order valence-corrected chi connectivity index (χ1v) is 7.40. The van der Waals surface area contributed by atoms with Crippen molar-refractivity contribution in [1.29, 1.82) is 0 Å². The van der Waals surface area contributed by atoms with Gasteiger partial charge in [-0.1, -0.05) is 13.8 Å². The maximum absolute atomic E-state index is 12.7. The van der Waals surface area contributed by atoms with Gasteiger partial charge in [-0.2, -0.15) is 0 Å². The summed E-state index contributed by atoms with van der Waals surface area (Å²) in [7, 11) is 0. The summed E-state index contributed by atoms with van der Waals surface area (Å²) >= 11 is 0. The fraction of sp³-hybridized carbons (Fsp3) is 0.625. The van der Waals surface area contributed by atoms with Crippen molar-refractivity contribution in [2.45, 2.75) is 47.1 Å². The van der Waals surface area contributed by atoms with Gasteiger partial charge in [-0.3, -0.25) is 9.59 Å². The first-order valence-electron chi connectivity index (χ1n) is 7.40. The number of nitrogens with two attached hydrogens (primary N) is 1. The monoisotopic (exact) mass is 291 g/mol. The number of nitrogens with zero attached hydrogens (tertiary/aromatic N) is 1. The fourth-order valence-corrected chi connectivity index (χ4v) is 3.20. The second-order valence-electron chi connectivity index (χ2n) is 6.79. The Balaban J connectivity index is 2.29. The van der Waals surface area contributed by atoms with Crippen LogP contribution in [0, 0.1) is 19.3 Å². The molecular formula is C16H25N3O2. The number of carbonyl (C=O) groups excluding carboxylic acids is 2. The molecule has 1 aliphatic rings. The number of hydrogen-bond acceptors (Lipinski definition) is 3. The molecule has 0 spiro atoms.